The minimum absolute atomic E-state index is 0.681. The van der Waals surface area contributed by atoms with Gasteiger partial charge in [0.05, 0.1) is 0 Å². The third-order valence-electron chi connectivity index (χ3n) is 3.44. The zero-order chi connectivity index (χ0) is 12.1. The predicted octanol–water partition coefficient (Wildman–Crippen LogP) is 4.65. The number of nitrogens with one attached hydrogen (secondary N) is 1. The monoisotopic (exact) mass is 252 g/mol. The van der Waals surface area contributed by atoms with Crippen molar-refractivity contribution >= 4 is 16.5 Å². The van der Waals surface area contributed by atoms with Gasteiger partial charge in [0.15, 0.2) is 5.13 Å². The Labute approximate surface area is 109 Å². The zero-order valence-electron chi connectivity index (χ0n) is 11.0. The molecule has 0 unspecified atom stereocenters. The van der Waals surface area contributed by atoms with Gasteiger partial charge in [0, 0.05) is 17.6 Å². The third kappa shape index (κ3) is 3.98. The maximum atomic E-state index is 4.50. The largest absolute Gasteiger partial charge is 0.361 e. The fourth-order valence-corrected chi connectivity index (χ4v) is 3.40. The predicted molar refractivity (Wildman–Crippen MR) is 75.9 cm³/mol. The first-order valence-electron chi connectivity index (χ1n) is 6.95. The summed E-state index contributed by atoms with van der Waals surface area (Å²) in [5.41, 5.74) is 0. The summed E-state index contributed by atoms with van der Waals surface area (Å²) in [5.74, 6) is 1.46. The van der Waals surface area contributed by atoms with Gasteiger partial charge in [-0.3, -0.25) is 0 Å². The van der Waals surface area contributed by atoms with Crippen molar-refractivity contribution in [1.29, 1.82) is 0 Å². The number of rotatable bonds is 4. The Kier molecular flexibility index (Phi) is 4.84. The molecule has 1 aliphatic rings. The Balaban J connectivity index is 1.92. The highest BCUT2D eigenvalue weighted by molar-refractivity contribution is 7.15. The van der Waals surface area contributed by atoms with Crippen LogP contribution in [0.1, 0.15) is 63.2 Å². The van der Waals surface area contributed by atoms with Crippen molar-refractivity contribution in [1.82, 2.24) is 4.98 Å². The molecule has 0 spiro atoms. The molecule has 2 nitrogen and oxygen atoms in total. The molecule has 0 saturated heterocycles. The molecule has 0 aromatic carbocycles. The summed E-state index contributed by atoms with van der Waals surface area (Å²) in [7, 11) is 0. The van der Waals surface area contributed by atoms with E-state index in [-0.39, 0.29) is 0 Å². The quantitative estimate of drug-likeness (QED) is 0.789. The molecule has 1 aromatic heterocycles. The van der Waals surface area contributed by atoms with Gasteiger partial charge in [0.25, 0.3) is 0 Å². The molecule has 1 heterocycles. The molecule has 0 atom stereocenters. The summed E-state index contributed by atoms with van der Waals surface area (Å²) in [6.07, 6.45) is 10.5. The molecule has 1 fully saturated rings. The SMILES string of the molecule is CC(C)CNc1ncc(C2CCCCCC2)s1. The van der Waals surface area contributed by atoms with Crippen molar-refractivity contribution in [2.45, 2.75) is 58.3 Å². The number of thiazole rings is 1. The number of hydrogen-bond donors (Lipinski definition) is 1. The van der Waals surface area contributed by atoms with E-state index in [0.717, 1.165) is 17.6 Å². The highest BCUT2D eigenvalue weighted by Gasteiger charge is 2.16. The van der Waals surface area contributed by atoms with Crippen molar-refractivity contribution in [3.63, 3.8) is 0 Å². The smallest absolute Gasteiger partial charge is 0.182 e. The van der Waals surface area contributed by atoms with Gasteiger partial charge in [0.1, 0.15) is 0 Å². The zero-order valence-corrected chi connectivity index (χ0v) is 11.9. The van der Waals surface area contributed by atoms with Crippen LogP contribution in [0.25, 0.3) is 0 Å². The van der Waals surface area contributed by atoms with E-state index in [1.54, 1.807) is 0 Å². The number of aromatic nitrogens is 1. The van der Waals surface area contributed by atoms with Crippen LogP contribution in [0, 0.1) is 5.92 Å². The van der Waals surface area contributed by atoms with Gasteiger partial charge in [-0.25, -0.2) is 4.98 Å². The Bertz CT molecular complexity index is 325. The van der Waals surface area contributed by atoms with E-state index in [1.807, 2.05) is 11.3 Å². The molecule has 1 saturated carbocycles. The maximum Gasteiger partial charge on any atom is 0.182 e. The summed E-state index contributed by atoms with van der Waals surface area (Å²) >= 11 is 1.87. The van der Waals surface area contributed by atoms with Crippen molar-refractivity contribution in [3.8, 4) is 0 Å². The summed E-state index contributed by atoms with van der Waals surface area (Å²) in [6, 6.07) is 0. The Hall–Kier alpha value is -0.570. The van der Waals surface area contributed by atoms with E-state index >= 15 is 0 Å². The van der Waals surface area contributed by atoms with Crippen molar-refractivity contribution in [2.24, 2.45) is 5.92 Å². The minimum atomic E-state index is 0.681. The van der Waals surface area contributed by atoms with Crippen molar-refractivity contribution < 1.29 is 0 Å². The van der Waals surface area contributed by atoms with E-state index in [9.17, 15) is 0 Å². The molecule has 0 bridgehead atoms. The van der Waals surface area contributed by atoms with E-state index in [2.05, 4.69) is 30.3 Å². The fraction of sp³-hybridized carbons (Fsp3) is 0.786. The molecule has 0 amide bonds. The molecule has 17 heavy (non-hydrogen) atoms. The van der Waals surface area contributed by atoms with Gasteiger partial charge >= 0.3 is 0 Å². The number of hydrogen-bond acceptors (Lipinski definition) is 3. The number of nitrogens with zero attached hydrogens (tertiary/aromatic N) is 1. The van der Waals surface area contributed by atoms with Crippen LogP contribution in [0.3, 0.4) is 0 Å². The summed E-state index contributed by atoms with van der Waals surface area (Å²) in [5, 5.41) is 4.54. The first kappa shape index (κ1) is 12.9. The van der Waals surface area contributed by atoms with E-state index in [1.165, 1.54) is 43.4 Å². The van der Waals surface area contributed by atoms with Gasteiger partial charge in [-0.15, -0.1) is 11.3 Å². The van der Waals surface area contributed by atoms with E-state index in [0.29, 0.717) is 5.92 Å². The lowest BCUT2D eigenvalue weighted by atomic mass is 9.99. The van der Waals surface area contributed by atoms with E-state index < -0.39 is 0 Å². The van der Waals surface area contributed by atoms with Crippen LogP contribution in [-0.4, -0.2) is 11.5 Å². The van der Waals surface area contributed by atoms with Gasteiger partial charge < -0.3 is 5.32 Å². The van der Waals surface area contributed by atoms with Crippen LogP contribution in [0.4, 0.5) is 5.13 Å². The minimum Gasteiger partial charge on any atom is -0.361 e. The van der Waals surface area contributed by atoms with E-state index in [4.69, 9.17) is 0 Å². The highest BCUT2D eigenvalue weighted by atomic mass is 32.1. The molecule has 2 rings (SSSR count). The molecule has 0 aliphatic heterocycles. The van der Waals surface area contributed by atoms with Crippen LogP contribution in [-0.2, 0) is 0 Å². The Morgan fingerprint density at radius 2 is 2.00 bits per heavy atom. The number of anilines is 1. The van der Waals surface area contributed by atoms with Crippen LogP contribution in [0.5, 0.6) is 0 Å². The molecule has 3 heteroatoms. The first-order valence-corrected chi connectivity index (χ1v) is 7.77. The van der Waals surface area contributed by atoms with Crippen LogP contribution in [0.2, 0.25) is 0 Å². The lowest BCUT2D eigenvalue weighted by Gasteiger charge is -2.10. The Morgan fingerprint density at radius 3 is 2.65 bits per heavy atom. The highest BCUT2D eigenvalue weighted by Crippen LogP contribution is 2.35. The van der Waals surface area contributed by atoms with Crippen molar-refractivity contribution in [3.05, 3.63) is 11.1 Å². The lowest BCUT2D eigenvalue weighted by molar-refractivity contribution is 0.601. The standard InChI is InChI=1S/C14H24N2S/c1-11(2)9-15-14-16-10-13(17-14)12-7-5-3-4-6-8-12/h10-12H,3-9H2,1-2H3,(H,15,16). The topological polar surface area (TPSA) is 24.9 Å². The molecule has 1 N–H and O–H groups in total. The fourth-order valence-electron chi connectivity index (χ4n) is 2.41. The average Bonchev–Trinajstić information content (AvgIpc) is 2.60. The summed E-state index contributed by atoms with van der Waals surface area (Å²) in [4.78, 5) is 6.00. The summed E-state index contributed by atoms with van der Waals surface area (Å²) in [6.45, 7) is 5.48. The van der Waals surface area contributed by atoms with Crippen LogP contribution < -0.4 is 5.32 Å². The van der Waals surface area contributed by atoms with Crippen LogP contribution >= 0.6 is 11.3 Å². The second-order valence-electron chi connectivity index (χ2n) is 5.53. The lowest BCUT2D eigenvalue weighted by Crippen LogP contribution is -2.07. The Morgan fingerprint density at radius 1 is 1.29 bits per heavy atom. The van der Waals surface area contributed by atoms with Crippen LogP contribution in [0.15, 0.2) is 6.20 Å². The first-order chi connectivity index (χ1) is 8.25. The maximum absolute atomic E-state index is 4.50. The molecular weight excluding hydrogens is 228 g/mol. The van der Waals surface area contributed by atoms with Gasteiger partial charge in [-0.2, -0.15) is 0 Å². The second-order valence-corrected chi connectivity index (χ2v) is 6.59. The van der Waals surface area contributed by atoms with Gasteiger partial charge in [0.2, 0.25) is 0 Å². The summed E-state index contributed by atoms with van der Waals surface area (Å²) < 4.78 is 0. The molecule has 96 valence electrons. The second kappa shape index (κ2) is 6.39. The normalized spacial score (nSPS) is 18.3. The van der Waals surface area contributed by atoms with Crippen molar-refractivity contribution in [2.75, 3.05) is 11.9 Å². The molecule has 1 aromatic rings. The molecule has 0 radical (unpaired) electrons. The molecule has 1 aliphatic carbocycles. The average molecular weight is 252 g/mol. The van der Waals surface area contributed by atoms with Gasteiger partial charge in [-0.1, -0.05) is 39.5 Å². The van der Waals surface area contributed by atoms with Gasteiger partial charge in [-0.05, 0) is 24.7 Å². The third-order valence-corrected chi connectivity index (χ3v) is 4.56. The molecular formula is C14H24N2S.